The maximum Gasteiger partial charge on any atom is 0.0744 e. The molecule has 0 saturated heterocycles. The smallest absolute Gasteiger partial charge is 0.0744 e. The molecule has 0 aromatic carbocycles. The minimum atomic E-state index is -0.692. The SMILES string of the molecule is CNC(C[C@H](C)N)C(C)(C)O. The molecule has 0 aromatic heterocycles. The number of aliphatic hydroxyl groups is 1. The Morgan fingerprint density at radius 1 is 1.55 bits per heavy atom. The zero-order valence-electron chi connectivity index (χ0n) is 7.89. The van der Waals surface area contributed by atoms with Crippen molar-refractivity contribution >= 4 is 0 Å². The van der Waals surface area contributed by atoms with Crippen LogP contribution >= 0.6 is 0 Å². The molecule has 2 atom stereocenters. The Hall–Kier alpha value is -0.120. The Bertz CT molecular complexity index is 107. The molecule has 4 N–H and O–H groups in total. The van der Waals surface area contributed by atoms with Crippen molar-refractivity contribution in [3.05, 3.63) is 0 Å². The number of hydrogen-bond donors (Lipinski definition) is 3. The van der Waals surface area contributed by atoms with Gasteiger partial charge in [0, 0.05) is 12.1 Å². The van der Waals surface area contributed by atoms with Gasteiger partial charge in [-0.15, -0.1) is 0 Å². The molecule has 3 nitrogen and oxygen atoms in total. The highest BCUT2D eigenvalue weighted by atomic mass is 16.3. The van der Waals surface area contributed by atoms with Crippen molar-refractivity contribution in [3.63, 3.8) is 0 Å². The van der Waals surface area contributed by atoms with Gasteiger partial charge < -0.3 is 16.2 Å². The lowest BCUT2D eigenvalue weighted by Crippen LogP contribution is -2.47. The van der Waals surface area contributed by atoms with Crippen molar-refractivity contribution < 1.29 is 5.11 Å². The summed E-state index contributed by atoms with van der Waals surface area (Å²) in [6.45, 7) is 5.52. The van der Waals surface area contributed by atoms with Crippen LogP contribution in [-0.2, 0) is 0 Å². The van der Waals surface area contributed by atoms with Crippen LogP contribution in [0.5, 0.6) is 0 Å². The maximum atomic E-state index is 9.61. The average Bonchev–Trinajstić information content (AvgIpc) is 1.79. The Morgan fingerprint density at radius 2 is 2.00 bits per heavy atom. The maximum absolute atomic E-state index is 9.61. The van der Waals surface area contributed by atoms with E-state index in [1.54, 1.807) is 13.8 Å². The Kier molecular flexibility index (Phi) is 4.00. The minimum Gasteiger partial charge on any atom is -0.389 e. The molecular weight excluding hydrogens is 140 g/mol. The second-order valence-corrected chi connectivity index (χ2v) is 3.71. The molecule has 0 bridgehead atoms. The molecule has 0 rings (SSSR count). The summed E-state index contributed by atoms with van der Waals surface area (Å²) in [6, 6.07) is 0.196. The predicted octanol–water partition coefficient (Wildman–Crippen LogP) is 0.0826. The molecule has 3 heteroatoms. The van der Waals surface area contributed by atoms with Gasteiger partial charge in [0.05, 0.1) is 5.60 Å². The lowest BCUT2D eigenvalue weighted by atomic mass is 9.93. The van der Waals surface area contributed by atoms with Crippen molar-refractivity contribution in [2.75, 3.05) is 7.05 Å². The summed E-state index contributed by atoms with van der Waals surface area (Å²) in [6.07, 6.45) is 0.792. The van der Waals surface area contributed by atoms with Gasteiger partial charge in [-0.2, -0.15) is 0 Å². The molecule has 0 aliphatic carbocycles. The first-order chi connectivity index (χ1) is 4.88. The standard InChI is InChI=1S/C8H20N2O/c1-6(9)5-7(10-4)8(2,3)11/h6-7,10-11H,5,9H2,1-4H3/t6-,7?/m0/s1. The number of rotatable bonds is 4. The van der Waals surface area contributed by atoms with Crippen molar-refractivity contribution in [2.24, 2.45) is 5.73 Å². The average molecular weight is 160 g/mol. The highest BCUT2D eigenvalue weighted by molar-refractivity contribution is 4.84. The molecule has 0 radical (unpaired) electrons. The van der Waals surface area contributed by atoms with Crippen LogP contribution in [0.15, 0.2) is 0 Å². The summed E-state index contributed by atoms with van der Waals surface area (Å²) in [5, 5.41) is 12.7. The fraction of sp³-hybridized carbons (Fsp3) is 1.00. The molecule has 0 aliphatic rings. The van der Waals surface area contributed by atoms with E-state index in [0.29, 0.717) is 0 Å². The lowest BCUT2D eigenvalue weighted by Gasteiger charge is -2.30. The molecular formula is C8H20N2O. The van der Waals surface area contributed by atoms with E-state index in [9.17, 15) is 5.11 Å². The van der Waals surface area contributed by atoms with E-state index in [1.807, 2.05) is 14.0 Å². The van der Waals surface area contributed by atoms with Gasteiger partial charge in [-0.05, 0) is 34.2 Å². The Labute approximate surface area is 69.0 Å². The normalized spacial score (nSPS) is 18.0. The van der Waals surface area contributed by atoms with Crippen LogP contribution in [-0.4, -0.2) is 29.8 Å². The molecule has 0 aliphatic heterocycles. The molecule has 0 heterocycles. The second kappa shape index (κ2) is 4.04. The zero-order valence-corrected chi connectivity index (χ0v) is 7.89. The summed E-state index contributed by atoms with van der Waals surface area (Å²) in [4.78, 5) is 0. The third-order valence-corrected chi connectivity index (χ3v) is 1.81. The topological polar surface area (TPSA) is 58.3 Å². The summed E-state index contributed by atoms with van der Waals surface area (Å²) in [7, 11) is 1.84. The summed E-state index contributed by atoms with van der Waals surface area (Å²) in [5.41, 5.74) is 4.92. The third kappa shape index (κ3) is 4.35. The number of nitrogens with one attached hydrogen (secondary N) is 1. The second-order valence-electron chi connectivity index (χ2n) is 3.71. The first kappa shape index (κ1) is 10.9. The van der Waals surface area contributed by atoms with Crippen LogP contribution in [0.4, 0.5) is 0 Å². The Balaban J connectivity index is 3.96. The van der Waals surface area contributed by atoms with Gasteiger partial charge in [0.2, 0.25) is 0 Å². The van der Waals surface area contributed by atoms with Crippen LogP contribution in [0, 0.1) is 0 Å². The van der Waals surface area contributed by atoms with Crippen LogP contribution < -0.4 is 11.1 Å². The van der Waals surface area contributed by atoms with Gasteiger partial charge in [-0.25, -0.2) is 0 Å². The highest BCUT2D eigenvalue weighted by Gasteiger charge is 2.25. The van der Waals surface area contributed by atoms with Gasteiger partial charge in [0.1, 0.15) is 0 Å². The summed E-state index contributed by atoms with van der Waals surface area (Å²) in [5.74, 6) is 0. The van der Waals surface area contributed by atoms with E-state index >= 15 is 0 Å². The van der Waals surface area contributed by atoms with E-state index in [2.05, 4.69) is 5.32 Å². The quantitative estimate of drug-likeness (QED) is 0.546. The van der Waals surface area contributed by atoms with E-state index in [-0.39, 0.29) is 12.1 Å². The molecule has 0 fully saturated rings. The highest BCUT2D eigenvalue weighted by Crippen LogP contribution is 2.12. The van der Waals surface area contributed by atoms with Crippen molar-refractivity contribution in [1.82, 2.24) is 5.32 Å². The fourth-order valence-corrected chi connectivity index (χ4v) is 1.13. The molecule has 0 aromatic rings. The number of likely N-dealkylation sites (N-methyl/N-ethyl adjacent to an activating group) is 1. The Morgan fingerprint density at radius 3 is 2.09 bits per heavy atom. The van der Waals surface area contributed by atoms with E-state index in [0.717, 1.165) is 6.42 Å². The van der Waals surface area contributed by atoms with E-state index in [1.165, 1.54) is 0 Å². The van der Waals surface area contributed by atoms with Crippen molar-refractivity contribution in [3.8, 4) is 0 Å². The molecule has 11 heavy (non-hydrogen) atoms. The third-order valence-electron chi connectivity index (χ3n) is 1.81. The van der Waals surface area contributed by atoms with Crippen molar-refractivity contribution in [2.45, 2.75) is 44.9 Å². The van der Waals surface area contributed by atoms with Gasteiger partial charge in [-0.1, -0.05) is 0 Å². The summed E-state index contributed by atoms with van der Waals surface area (Å²) >= 11 is 0. The molecule has 0 amide bonds. The van der Waals surface area contributed by atoms with E-state index < -0.39 is 5.60 Å². The van der Waals surface area contributed by atoms with Gasteiger partial charge in [0.15, 0.2) is 0 Å². The lowest BCUT2D eigenvalue weighted by molar-refractivity contribution is 0.0355. The minimum absolute atomic E-state index is 0.0718. The van der Waals surface area contributed by atoms with Crippen LogP contribution in [0.1, 0.15) is 27.2 Å². The molecule has 0 spiro atoms. The van der Waals surface area contributed by atoms with E-state index in [4.69, 9.17) is 5.73 Å². The zero-order chi connectivity index (χ0) is 9.07. The molecule has 0 saturated carbocycles. The van der Waals surface area contributed by atoms with Gasteiger partial charge in [-0.3, -0.25) is 0 Å². The first-order valence-electron chi connectivity index (χ1n) is 4.03. The van der Waals surface area contributed by atoms with Crippen LogP contribution in [0.3, 0.4) is 0 Å². The number of nitrogens with two attached hydrogens (primary N) is 1. The number of hydrogen-bond acceptors (Lipinski definition) is 3. The fourth-order valence-electron chi connectivity index (χ4n) is 1.13. The van der Waals surface area contributed by atoms with Gasteiger partial charge in [0.25, 0.3) is 0 Å². The monoisotopic (exact) mass is 160 g/mol. The molecule has 68 valence electrons. The van der Waals surface area contributed by atoms with Crippen LogP contribution in [0.2, 0.25) is 0 Å². The molecule has 1 unspecified atom stereocenters. The van der Waals surface area contributed by atoms with Crippen molar-refractivity contribution in [1.29, 1.82) is 0 Å². The first-order valence-corrected chi connectivity index (χ1v) is 4.03. The van der Waals surface area contributed by atoms with Crippen LogP contribution in [0.25, 0.3) is 0 Å². The predicted molar refractivity (Wildman–Crippen MR) is 47.4 cm³/mol. The summed E-state index contributed by atoms with van der Waals surface area (Å²) < 4.78 is 0. The van der Waals surface area contributed by atoms with Gasteiger partial charge >= 0.3 is 0 Å². The largest absolute Gasteiger partial charge is 0.389 e.